The van der Waals surface area contributed by atoms with E-state index in [0.29, 0.717) is 5.75 Å². The first kappa shape index (κ1) is 13.9. The van der Waals surface area contributed by atoms with Crippen molar-refractivity contribution in [1.82, 2.24) is 0 Å². The molecule has 0 bridgehead atoms. The van der Waals surface area contributed by atoms with Gasteiger partial charge in [0.05, 0.1) is 11.3 Å². The van der Waals surface area contributed by atoms with Crippen molar-refractivity contribution in [3.8, 4) is 11.5 Å². The average molecular weight is 275 g/mol. The van der Waals surface area contributed by atoms with Gasteiger partial charge in [-0.05, 0) is 30.2 Å². The molecule has 0 heterocycles. The minimum atomic E-state index is -1.37. The predicted octanol–water partition coefficient (Wildman–Crippen LogP) is 3.46. The highest BCUT2D eigenvalue weighted by atomic mass is 19.1. The second-order valence-electron chi connectivity index (χ2n) is 4.27. The maximum absolute atomic E-state index is 13.6. The van der Waals surface area contributed by atoms with Gasteiger partial charge in [0, 0.05) is 6.07 Å². The molecule has 0 aromatic heterocycles. The first-order valence-corrected chi connectivity index (χ1v) is 6.10. The van der Waals surface area contributed by atoms with E-state index in [1.54, 1.807) is 12.1 Å². The Balaban J connectivity index is 2.29. The lowest BCUT2D eigenvalue weighted by Crippen LogP contribution is -2.03. The number of nitrogens with two attached hydrogens (primary N) is 1. The molecular weight excluding hydrogens is 261 g/mol. The Morgan fingerprint density at radius 2 is 1.95 bits per heavy atom. The molecule has 2 aromatic carbocycles. The van der Waals surface area contributed by atoms with Gasteiger partial charge in [-0.2, -0.15) is 0 Å². The average Bonchev–Trinajstić information content (AvgIpc) is 2.43. The summed E-state index contributed by atoms with van der Waals surface area (Å²) in [7, 11) is 0. The molecule has 3 N–H and O–H groups in total. The van der Waals surface area contributed by atoms with E-state index in [0.717, 1.165) is 24.1 Å². The molecule has 4 nitrogen and oxygen atoms in total. The normalized spacial score (nSPS) is 10.3. The minimum Gasteiger partial charge on any atom is -0.478 e. The van der Waals surface area contributed by atoms with Crippen molar-refractivity contribution in [3.63, 3.8) is 0 Å². The van der Waals surface area contributed by atoms with Gasteiger partial charge in [-0.15, -0.1) is 0 Å². The fraction of sp³-hybridized carbons (Fsp3) is 0.133. The summed E-state index contributed by atoms with van der Waals surface area (Å²) < 4.78 is 19.1. The van der Waals surface area contributed by atoms with Gasteiger partial charge < -0.3 is 15.6 Å². The van der Waals surface area contributed by atoms with Crippen LogP contribution < -0.4 is 10.5 Å². The van der Waals surface area contributed by atoms with Crippen molar-refractivity contribution in [2.24, 2.45) is 0 Å². The largest absolute Gasteiger partial charge is 0.478 e. The Bertz CT molecular complexity index is 638. The Kier molecular flexibility index (Phi) is 3.89. The summed E-state index contributed by atoms with van der Waals surface area (Å²) in [5.41, 5.74) is 6.42. The lowest BCUT2D eigenvalue weighted by molar-refractivity contribution is 0.0692. The number of aromatic carboxylic acids is 1. The zero-order valence-electron chi connectivity index (χ0n) is 10.9. The van der Waals surface area contributed by atoms with E-state index in [1.807, 2.05) is 19.1 Å². The molecule has 0 atom stereocenters. The zero-order valence-corrected chi connectivity index (χ0v) is 10.9. The summed E-state index contributed by atoms with van der Waals surface area (Å²) in [4.78, 5) is 10.8. The van der Waals surface area contributed by atoms with Gasteiger partial charge in [-0.3, -0.25) is 0 Å². The second-order valence-corrected chi connectivity index (χ2v) is 4.27. The van der Waals surface area contributed by atoms with Crippen LogP contribution in [-0.4, -0.2) is 11.1 Å². The van der Waals surface area contributed by atoms with Crippen molar-refractivity contribution >= 4 is 11.7 Å². The molecule has 0 amide bonds. The second kappa shape index (κ2) is 5.61. The van der Waals surface area contributed by atoms with Gasteiger partial charge >= 0.3 is 5.97 Å². The summed E-state index contributed by atoms with van der Waals surface area (Å²) in [6.07, 6.45) is 0.907. The monoisotopic (exact) mass is 275 g/mol. The highest BCUT2D eigenvalue weighted by molar-refractivity contribution is 5.89. The Labute approximate surface area is 115 Å². The molecule has 0 radical (unpaired) electrons. The molecule has 2 rings (SSSR count). The van der Waals surface area contributed by atoms with Crippen LogP contribution in [-0.2, 0) is 6.42 Å². The summed E-state index contributed by atoms with van der Waals surface area (Å²) in [6.45, 7) is 2.04. The molecule has 5 heteroatoms. The molecule has 104 valence electrons. The van der Waals surface area contributed by atoms with Crippen LogP contribution in [0.4, 0.5) is 10.1 Å². The number of nitrogen functional groups attached to an aromatic ring is 1. The third kappa shape index (κ3) is 2.88. The molecule has 0 aliphatic carbocycles. The van der Waals surface area contributed by atoms with E-state index in [4.69, 9.17) is 15.6 Å². The van der Waals surface area contributed by atoms with Crippen LogP contribution in [0.25, 0.3) is 0 Å². The molecule has 20 heavy (non-hydrogen) atoms. The highest BCUT2D eigenvalue weighted by Gasteiger charge is 2.14. The topological polar surface area (TPSA) is 72.5 Å². The fourth-order valence-electron chi connectivity index (χ4n) is 1.74. The van der Waals surface area contributed by atoms with Crippen molar-refractivity contribution in [2.45, 2.75) is 13.3 Å². The van der Waals surface area contributed by atoms with E-state index in [2.05, 4.69) is 0 Å². The van der Waals surface area contributed by atoms with Gasteiger partial charge in [0.15, 0.2) is 5.75 Å². The van der Waals surface area contributed by atoms with Crippen LogP contribution >= 0.6 is 0 Å². The quantitative estimate of drug-likeness (QED) is 0.838. The number of carbonyl (C=O) groups is 1. The fourth-order valence-corrected chi connectivity index (χ4v) is 1.74. The third-order valence-electron chi connectivity index (χ3n) is 2.89. The smallest absolute Gasteiger partial charge is 0.338 e. The van der Waals surface area contributed by atoms with E-state index >= 15 is 0 Å². The molecule has 2 aromatic rings. The van der Waals surface area contributed by atoms with Gasteiger partial charge in [0.1, 0.15) is 11.6 Å². The number of carboxylic acid groups (broad SMARTS) is 1. The molecule has 0 saturated carbocycles. The number of ether oxygens (including phenoxy) is 1. The molecule has 0 saturated heterocycles. The van der Waals surface area contributed by atoms with E-state index in [-0.39, 0.29) is 11.4 Å². The van der Waals surface area contributed by atoms with Gasteiger partial charge in [-0.25, -0.2) is 9.18 Å². The number of rotatable bonds is 4. The Hall–Kier alpha value is -2.56. The van der Waals surface area contributed by atoms with Gasteiger partial charge in [0.2, 0.25) is 0 Å². The summed E-state index contributed by atoms with van der Waals surface area (Å²) in [5.74, 6) is -1.65. The van der Waals surface area contributed by atoms with E-state index < -0.39 is 17.3 Å². The number of hydrogen-bond acceptors (Lipinski definition) is 3. The Morgan fingerprint density at radius 1 is 1.30 bits per heavy atom. The lowest BCUT2D eigenvalue weighted by atomic mass is 10.1. The van der Waals surface area contributed by atoms with E-state index in [9.17, 15) is 9.18 Å². The first-order chi connectivity index (χ1) is 9.51. The van der Waals surface area contributed by atoms with Crippen LogP contribution in [0.2, 0.25) is 0 Å². The number of benzene rings is 2. The van der Waals surface area contributed by atoms with Crippen molar-refractivity contribution in [3.05, 3.63) is 53.3 Å². The number of aryl methyl sites for hydroxylation is 1. The standard InChI is InChI=1S/C15H14FNO3/c1-2-9-3-5-10(6-4-9)20-14-8-12(16)11(15(18)19)7-13(14)17/h3-8H,2,17H2,1H3,(H,18,19). The minimum absolute atomic E-state index is 0.0726. The van der Waals surface area contributed by atoms with Crippen molar-refractivity contribution < 1.29 is 19.0 Å². The molecule has 0 unspecified atom stereocenters. The Morgan fingerprint density at radius 3 is 2.50 bits per heavy atom. The molecule has 0 fully saturated rings. The molecule has 0 aliphatic heterocycles. The van der Waals surface area contributed by atoms with Crippen LogP contribution in [0.3, 0.4) is 0 Å². The SMILES string of the molecule is CCc1ccc(Oc2cc(F)c(C(=O)O)cc2N)cc1. The summed E-state index contributed by atoms with van der Waals surface area (Å²) in [5, 5.41) is 8.79. The zero-order chi connectivity index (χ0) is 14.7. The van der Waals surface area contributed by atoms with Gasteiger partial charge in [-0.1, -0.05) is 19.1 Å². The number of anilines is 1. The van der Waals surface area contributed by atoms with Crippen molar-refractivity contribution in [1.29, 1.82) is 0 Å². The summed E-state index contributed by atoms with van der Waals surface area (Å²) in [6, 6.07) is 9.32. The number of halogens is 1. The maximum Gasteiger partial charge on any atom is 0.338 e. The van der Waals surface area contributed by atoms with Crippen molar-refractivity contribution in [2.75, 3.05) is 5.73 Å². The first-order valence-electron chi connectivity index (χ1n) is 6.10. The summed E-state index contributed by atoms with van der Waals surface area (Å²) >= 11 is 0. The molecule has 0 aliphatic rings. The van der Waals surface area contributed by atoms with E-state index in [1.165, 1.54) is 0 Å². The number of hydrogen-bond donors (Lipinski definition) is 2. The maximum atomic E-state index is 13.6. The van der Waals surface area contributed by atoms with Crippen LogP contribution in [0.1, 0.15) is 22.8 Å². The van der Waals surface area contributed by atoms with Crippen LogP contribution in [0, 0.1) is 5.82 Å². The molecular formula is C15H14FNO3. The van der Waals surface area contributed by atoms with Crippen LogP contribution in [0.5, 0.6) is 11.5 Å². The lowest BCUT2D eigenvalue weighted by Gasteiger charge is -2.10. The highest BCUT2D eigenvalue weighted by Crippen LogP contribution is 2.30. The number of carboxylic acids is 1. The molecule has 0 spiro atoms. The van der Waals surface area contributed by atoms with Gasteiger partial charge in [0.25, 0.3) is 0 Å². The predicted molar refractivity (Wildman–Crippen MR) is 73.7 cm³/mol. The van der Waals surface area contributed by atoms with Crippen LogP contribution in [0.15, 0.2) is 36.4 Å². The third-order valence-corrected chi connectivity index (χ3v) is 2.89.